The zero-order valence-electron chi connectivity index (χ0n) is 19.4. The molecule has 3 N–H and O–H groups in total. The van der Waals surface area contributed by atoms with Crippen molar-refractivity contribution in [2.24, 2.45) is 16.6 Å². The van der Waals surface area contributed by atoms with E-state index in [4.69, 9.17) is 11.1 Å². The highest BCUT2D eigenvalue weighted by atomic mass is 19.4. The van der Waals surface area contributed by atoms with Gasteiger partial charge in [0.1, 0.15) is 0 Å². The number of nitrogens with one attached hydrogen (secondary N) is 1. The van der Waals surface area contributed by atoms with E-state index in [1.807, 2.05) is 11.0 Å². The Kier molecular flexibility index (Phi) is 10.0. The second-order valence-electron chi connectivity index (χ2n) is 8.69. The van der Waals surface area contributed by atoms with Crippen molar-refractivity contribution in [3.8, 4) is 12.8 Å². The van der Waals surface area contributed by atoms with E-state index in [-0.39, 0.29) is 17.6 Å². The van der Waals surface area contributed by atoms with Crippen LogP contribution in [0.3, 0.4) is 0 Å². The molecule has 1 aromatic rings. The lowest BCUT2D eigenvalue weighted by Gasteiger charge is -2.24. The van der Waals surface area contributed by atoms with Crippen molar-refractivity contribution >= 4 is 17.7 Å². The number of nitrogens with zero attached hydrogens (tertiary/aromatic N) is 2. The van der Waals surface area contributed by atoms with Crippen LogP contribution in [0.15, 0.2) is 29.3 Å². The molecule has 1 unspecified atom stereocenters. The third kappa shape index (κ3) is 7.66. The number of terminal acetylenes is 1. The fraction of sp³-hybridized carbons (Fsp3) is 0.538. The Bertz CT molecular complexity index is 864. The molecule has 180 valence electrons. The highest BCUT2D eigenvalue weighted by Crippen LogP contribution is 2.34. The average molecular weight is 461 g/mol. The molecule has 3 rings (SSSR count). The van der Waals surface area contributed by atoms with Crippen LogP contribution in [0.1, 0.15) is 75.0 Å². The Labute approximate surface area is 195 Å². The van der Waals surface area contributed by atoms with Gasteiger partial charge < -0.3 is 10.6 Å². The van der Waals surface area contributed by atoms with Crippen LogP contribution in [0.2, 0.25) is 0 Å². The molecule has 0 amide bonds. The lowest BCUT2D eigenvalue weighted by atomic mass is 9.88. The number of alkyl halides is 3. The monoisotopic (exact) mass is 460 g/mol. The van der Waals surface area contributed by atoms with E-state index in [1.54, 1.807) is 25.1 Å². The van der Waals surface area contributed by atoms with Crippen LogP contribution in [0.4, 0.5) is 13.2 Å². The molecule has 1 saturated carbocycles. The first-order valence-corrected chi connectivity index (χ1v) is 11.6. The van der Waals surface area contributed by atoms with E-state index in [2.05, 4.69) is 17.8 Å². The maximum Gasteiger partial charge on any atom is 0.417 e. The number of allylic oxidation sites excluding steroid dienone is 1. The minimum absolute atomic E-state index is 0.0786. The van der Waals surface area contributed by atoms with Gasteiger partial charge in [0.25, 0.3) is 0 Å². The summed E-state index contributed by atoms with van der Waals surface area (Å²) in [4.78, 5) is 6.39. The highest BCUT2D eigenvalue weighted by molar-refractivity contribution is 5.99. The van der Waals surface area contributed by atoms with E-state index in [9.17, 15) is 13.2 Å². The molecule has 0 aromatic heterocycles. The van der Waals surface area contributed by atoms with Gasteiger partial charge in [-0.1, -0.05) is 43.5 Å². The van der Waals surface area contributed by atoms with E-state index in [0.717, 1.165) is 51.5 Å². The second-order valence-corrected chi connectivity index (χ2v) is 8.69. The maximum atomic E-state index is 13.7. The van der Waals surface area contributed by atoms with Gasteiger partial charge in [0.15, 0.2) is 5.96 Å². The van der Waals surface area contributed by atoms with Crippen molar-refractivity contribution in [1.29, 1.82) is 5.41 Å². The van der Waals surface area contributed by atoms with Gasteiger partial charge in [0, 0.05) is 24.8 Å². The summed E-state index contributed by atoms with van der Waals surface area (Å²) in [5, 5.41) is 7.63. The smallest absolute Gasteiger partial charge is 0.370 e. The number of halogens is 3. The Morgan fingerprint density at radius 2 is 1.88 bits per heavy atom. The number of aliphatic imine (C=N–C) groups is 1. The predicted molar refractivity (Wildman–Crippen MR) is 130 cm³/mol. The minimum Gasteiger partial charge on any atom is -0.370 e. The topological polar surface area (TPSA) is 65.5 Å². The first-order valence-electron chi connectivity index (χ1n) is 11.6. The van der Waals surface area contributed by atoms with Crippen molar-refractivity contribution in [2.75, 3.05) is 13.1 Å². The normalized spacial score (nSPS) is 20.0. The first kappa shape index (κ1) is 26.5. The SMILES string of the molecule is C#C.CC(=NCCC1CCCN1C(=N)N)c1ccc(/C=C/C2CCCCC2)c(C(F)(F)F)c1. The van der Waals surface area contributed by atoms with Crippen LogP contribution in [0.5, 0.6) is 0 Å². The van der Waals surface area contributed by atoms with E-state index in [1.165, 1.54) is 12.5 Å². The summed E-state index contributed by atoms with van der Waals surface area (Å²) in [5.41, 5.74) is 6.32. The number of benzene rings is 1. The standard InChI is InChI=1S/C24H33F3N4.C2H2/c1-17(30-14-13-21-8-5-15-31(21)23(28)29)20-12-11-19(22(16-20)24(25,26)27)10-9-18-6-3-2-4-7-18;1-2/h9-12,16,18,21H,2-8,13-15H2,1H3,(H3,28,29);1-2H/b10-9+,30-17?;. The molecule has 33 heavy (non-hydrogen) atoms. The third-order valence-corrected chi connectivity index (χ3v) is 6.47. The van der Waals surface area contributed by atoms with Crippen LogP contribution in [-0.2, 0) is 6.18 Å². The molecular formula is C26H35F3N4. The maximum absolute atomic E-state index is 13.7. The van der Waals surface area contributed by atoms with Gasteiger partial charge in [-0.3, -0.25) is 10.4 Å². The zero-order valence-corrected chi connectivity index (χ0v) is 19.4. The van der Waals surface area contributed by atoms with E-state index in [0.29, 0.717) is 23.7 Å². The fourth-order valence-electron chi connectivity index (χ4n) is 4.66. The van der Waals surface area contributed by atoms with Gasteiger partial charge in [0.2, 0.25) is 0 Å². The van der Waals surface area contributed by atoms with Crippen LogP contribution in [0.25, 0.3) is 6.08 Å². The Morgan fingerprint density at radius 3 is 2.52 bits per heavy atom. The number of likely N-dealkylation sites (tertiary alicyclic amines) is 1. The number of hydrogen-bond acceptors (Lipinski definition) is 2. The van der Waals surface area contributed by atoms with Crippen molar-refractivity contribution in [2.45, 2.75) is 70.5 Å². The van der Waals surface area contributed by atoms with Crippen LogP contribution in [-0.4, -0.2) is 35.7 Å². The molecule has 1 aliphatic heterocycles. The molecule has 1 aromatic carbocycles. The van der Waals surface area contributed by atoms with Crippen LogP contribution < -0.4 is 5.73 Å². The summed E-state index contributed by atoms with van der Waals surface area (Å²) in [6, 6.07) is 4.69. The molecule has 2 fully saturated rings. The fourth-order valence-corrected chi connectivity index (χ4v) is 4.66. The molecule has 1 heterocycles. The predicted octanol–water partition coefficient (Wildman–Crippen LogP) is 6.11. The average Bonchev–Trinajstić information content (AvgIpc) is 3.28. The zero-order chi connectivity index (χ0) is 24.4. The van der Waals surface area contributed by atoms with Gasteiger partial charge in [-0.15, -0.1) is 12.8 Å². The summed E-state index contributed by atoms with van der Waals surface area (Å²) in [6.07, 6.45) is 15.5. The van der Waals surface area contributed by atoms with Gasteiger partial charge in [0.05, 0.1) is 5.56 Å². The van der Waals surface area contributed by atoms with Crippen LogP contribution >= 0.6 is 0 Å². The number of rotatable bonds is 6. The van der Waals surface area contributed by atoms with Gasteiger partial charge >= 0.3 is 6.18 Å². The molecule has 0 radical (unpaired) electrons. The van der Waals surface area contributed by atoms with Crippen molar-refractivity contribution in [1.82, 2.24) is 4.90 Å². The molecular weight excluding hydrogens is 425 g/mol. The number of guanidine groups is 1. The molecule has 0 bridgehead atoms. The van der Waals surface area contributed by atoms with Gasteiger partial charge in [-0.05, 0) is 62.1 Å². The summed E-state index contributed by atoms with van der Waals surface area (Å²) < 4.78 is 41.2. The Hall–Kier alpha value is -2.75. The highest BCUT2D eigenvalue weighted by Gasteiger charge is 2.33. The summed E-state index contributed by atoms with van der Waals surface area (Å²) in [6.45, 7) is 3.04. The van der Waals surface area contributed by atoms with E-state index < -0.39 is 11.7 Å². The lowest BCUT2D eigenvalue weighted by Crippen LogP contribution is -2.40. The molecule has 1 atom stereocenters. The van der Waals surface area contributed by atoms with Crippen molar-refractivity contribution in [3.05, 3.63) is 41.0 Å². The molecule has 4 nitrogen and oxygen atoms in total. The summed E-state index contributed by atoms with van der Waals surface area (Å²) in [7, 11) is 0. The van der Waals surface area contributed by atoms with Gasteiger partial charge in [-0.2, -0.15) is 13.2 Å². The molecule has 2 aliphatic rings. The molecule has 1 aliphatic carbocycles. The number of hydrogen-bond donors (Lipinski definition) is 2. The van der Waals surface area contributed by atoms with Crippen molar-refractivity contribution < 1.29 is 13.2 Å². The van der Waals surface area contributed by atoms with Crippen molar-refractivity contribution in [3.63, 3.8) is 0 Å². The molecule has 0 spiro atoms. The quantitative estimate of drug-likeness (QED) is 0.306. The minimum atomic E-state index is -4.41. The number of nitrogens with two attached hydrogens (primary N) is 1. The third-order valence-electron chi connectivity index (χ3n) is 6.47. The van der Waals surface area contributed by atoms with E-state index >= 15 is 0 Å². The molecule has 7 heteroatoms. The Morgan fingerprint density at radius 1 is 1.18 bits per heavy atom. The largest absolute Gasteiger partial charge is 0.417 e. The summed E-state index contributed by atoms with van der Waals surface area (Å²) in [5.74, 6) is 0.456. The van der Waals surface area contributed by atoms with Crippen LogP contribution in [0, 0.1) is 24.2 Å². The molecule has 1 saturated heterocycles. The Balaban J connectivity index is 0.00000187. The summed E-state index contributed by atoms with van der Waals surface area (Å²) >= 11 is 0. The lowest BCUT2D eigenvalue weighted by molar-refractivity contribution is -0.137. The van der Waals surface area contributed by atoms with Gasteiger partial charge in [-0.25, -0.2) is 0 Å². The first-order chi connectivity index (χ1) is 15.8. The second kappa shape index (κ2) is 12.5.